The molecule has 3 aromatic carbocycles. The summed E-state index contributed by atoms with van der Waals surface area (Å²) in [7, 11) is 0. The average molecular weight is 403 g/mol. The highest BCUT2D eigenvalue weighted by molar-refractivity contribution is 5.66. The van der Waals surface area contributed by atoms with Crippen LogP contribution in [0.5, 0.6) is 5.75 Å². The fraction of sp³-hybridized carbons (Fsp3) is 0.0435. The number of aromatic hydroxyl groups is 1. The molecule has 0 spiro atoms. The molecule has 1 heterocycles. The van der Waals surface area contributed by atoms with Crippen molar-refractivity contribution in [2.75, 3.05) is 16.8 Å². The van der Waals surface area contributed by atoms with Crippen molar-refractivity contribution in [1.82, 2.24) is 9.97 Å². The van der Waals surface area contributed by atoms with E-state index in [1.807, 2.05) is 30.3 Å². The molecule has 0 aliphatic carbocycles. The maximum atomic E-state index is 13.6. The van der Waals surface area contributed by atoms with Gasteiger partial charge in [0.25, 0.3) is 0 Å². The number of benzene rings is 3. The van der Waals surface area contributed by atoms with E-state index in [1.54, 1.807) is 12.1 Å². The molecule has 4 aromatic rings. The minimum Gasteiger partial charge on any atom is -0.508 e. The molecule has 0 atom stereocenters. The van der Waals surface area contributed by atoms with Gasteiger partial charge in [-0.05, 0) is 42.8 Å². The van der Waals surface area contributed by atoms with Crippen molar-refractivity contribution in [1.29, 1.82) is 0 Å². The second-order valence-electron chi connectivity index (χ2n) is 6.49. The quantitative estimate of drug-likeness (QED) is 0.388. The second-order valence-corrected chi connectivity index (χ2v) is 6.49. The molecule has 0 aliphatic rings. The molecule has 0 aliphatic heterocycles. The third-order valence-corrected chi connectivity index (χ3v) is 4.21. The SMILES string of the molecule is Cc1ccccc1Nc1ccccc1.Nc1nc(N)c(F)c(-c2cccc(O)c2)n1. The number of para-hydroxylation sites is 2. The highest BCUT2D eigenvalue weighted by Crippen LogP contribution is 2.26. The number of rotatable bonds is 3. The lowest BCUT2D eigenvalue weighted by Gasteiger charge is -2.08. The van der Waals surface area contributed by atoms with Gasteiger partial charge in [0, 0.05) is 16.9 Å². The van der Waals surface area contributed by atoms with E-state index in [2.05, 4.69) is 46.5 Å². The molecule has 7 heteroatoms. The Kier molecular flexibility index (Phi) is 6.44. The largest absolute Gasteiger partial charge is 0.508 e. The normalized spacial score (nSPS) is 10.1. The van der Waals surface area contributed by atoms with Crippen LogP contribution in [0.2, 0.25) is 0 Å². The Bertz CT molecular complexity index is 1140. The number of phenolic OH excluding ortho intramolecular Hbond substituents is 1. The average Bonchev–Trinajstić information content (AvgIpc) is 2.74. The van der Waals surface area contributed by atoms with E-state index in [4.69, 9.17) is 11.5 Å². The van der Waals surface area contributed by atoms with Crippen molar-refractivity contribution in [3.8, 4) is 17.0 Å². The Balaban J connectivity index is 0.000000172. The van der Waals surface area contributed by atoms with Crippen LogP contribution in [-0.2, 0) is 0 Å². The van der Waals surface area contributed by atoms with Gasteiger partial charge in [0.2, 0.25) is 5.95 Å². The molecular formula is C23H22FN5O. The van der Waals surface area contributed by atoms with Gasteiger partial charge in [0.15, 0.2) is 11.6 Å². The molecule has 1 aromatic heterocycles. The molecule has 152 valence electrons. The number of nitrogens with two attached hydrogens (primary N) is 2. The molecule has 6 N–H and O–H groups in total. The molecule has 0 fully saturated rings. The number of aryl methyl sites for hydroxylation is 1. The summed E-state index contributed by atoms with van der Waals surface area (Å²) in [6, 6.07) is 24.5. The van der Waals surface area contributed by atoms with E-state index in [0.717, 1.165) is 5.69 Å². The summed E-state index contributed by atoms with van der Waals surface area (Å²) in [5, 5.41) is 12.6. The summed E-state index contributed by atoms with van der Waals surface area (Å²) in [6.07, 6.45) is 0. The van der Waals surface area contributed by atoms with Crippen LogP contribution >= 0.6 is 0 Å². The third kappa shape index (κ3) is 5.23. The number of phenols is 1. The number of hydrogen-bond donors (Lipinski definition) is 4. The first-order valence-corrected chi connectivity index (χ1v) is 9.19. The van der Waals surface area contributed by atoms with Crippen molar-refractivity contribution in [3.05, 3.63) is 90.2 Å². The van der Waals surface area contributed by atoms with Crippen LogP contribution in [0.15, 0.2) is 78.9 Å². The minimum atomic E-state index is -0.750. The zero-order chi connectivity index (χ0) is 21.5. The summed E-state index contributed by atoms with van der Waals surface area (Å²) < 4.78 is 13.6. The van der Waals surface area contributed by atoms with Gasteiger partial charge in [-0.25, -0.2) is 9.37 Å². The third-order valence-electron chi connectivity index (χ3n) is 4.21. The van der Waals surface area contributed by atoms with Crippen LogP contribution < -0.4 is 16.8 Å². The number of nitrogen functional groups attached to an aromatic ring is 2. The molecule has 0 amide bonds. The number of hydrogen-bond acceptors (Lipinski definition) is 6. The van der Waals surface area contributed by atoms with Gasteiger partial charge >= 0.3 is 0 Å². The van der Waals surface area contributed by atoms with E-state index in [0.29, 0.717) is 5.56 Å². The molecular weight excluding hydrogens is 381 g/mol. The zero-order valence-electron chi connectivity index (χ0n) is 16.4. The Morgan fingerprint density at radius 1 is 0.867 bits per heavy atom. The van der Waals surface area contributed by atoms with Crippen LogP contribution in [0.3, 0.4) is 0 Å². The van der Waals surface area contributed by atoms with Gasteiger partial charge in [-0.1, -0.05) is 48.5 Å². The maximum Gasteiger partial charge on any atom is 0.222 e. The molecule has 6 nitrogen and oxygen atoms in total. The van der Waals surface area contributed by atoms with Crippen molar-refractivity contribution >= 4 is 23.1 Å². The maximum absolute atomic E-state index is 13.6. The number of nitrogens with zero attached hydrogens (tertiary/aromatic N) is 2. The molecule has 4 rings (SSSR count). The molecule has 0 saturated heterocycles. The van der Waals surface area contributed by atoms with Crippen molar-refractivity contribution < 1.29 is 9.50 Å². The summed E-state index contributed by atoms with van der Waals surface area (Å²) in [5.74, 6) is -1.17. The molecule has 0 unspecified atom stereocenters. The highest BCUT2D eigenvalue weighted by Gasteiger charge is 2.13. The van der Waals surface area contributed by atoms with Gasteiger partial charge in [0.05, 0.1) is 0 Å². The van der Waals surface area contributed by atoms with Crippen LogP contribution in [0, 0.1) is 12.7 Å². The van der Waals surface area contributed by atoms with Crippen LogP contribution in [0.1, 0.15) is 5.56 Å². The van der Waals surface area contributed by atoms with E-state index in [1.165, 1.54) is 23.4 Å². The predicted molar refractivity (Wildman–Crippen MR) is 119 cm³/mol. The van der Waals surface area contributed by atoms with Gasteiger partial charge in [-0.3, -0.25) is 0 Å². The molecule has 0 bridgehead atoms. The Morgan fingerprint density at radius 3 is 2.27 bits per heavy atom. The Labute approximate surface area is 174 Å². The summed E-state index contributed by atoms with van der Waals surface area (Å²) in [6.45, 7) is 2.10. The van der Waals surface area contributed by atoms with Crippen LogP contribution in [0.25, 0.3) is 11.3 Å². The monoisotopic (exact) mass is 403 g/mol. The highest BCUT2D eigenvalue weighted by atomic mass is 19.1. The van der Waals surface area contributed by atoms with Gasteiger partial charge in [-0.15, -0.1) is 0 Å². The summed E-state index contributed by atoms with van der Waals surface area (Å²) >= 11 is 0. The summed E-state index contributed by atoms with van der Waals surface area (Å²) in [4.78, 5) is 7.23. The van der Waals surface area contributed by atoms with Crippen molar-refractivity contribution in [3.63, 3.8) is 0 Å². The van der Waals surface area contributed by atoms with Crippen molar-refractivity contribution in [2.24, 2.45) is 0 Å². The Morgan fingerprint density at radius 2 is 1.57 bits per heavy atom. The lowest BCUT2D eigenvalue weighted by molar-refractivity contribution is 0.475. The smallest absolute Gasteiger partial charge is 0.222 e. The number of halogens is 1. The van der Waals surface area contributed by atoms with Crippen LogP contribution in [-0.4, -0.2) is 15.1 Å². The fourth-order valence-corrected chi connectivity index (χ4v) is 2.72. The lowest BCUT2D eigenvalue weighted by Crippen LogP contribution is -2.04. The number of aromatic nitrogens is 2. The van der Waals surface area contributed by atoms with E-state index in [9.17, 15) is 9.50 Å². The van der Waals surface area contributed by atoms with Gasteiger partial charge in [0.1, 0.15) is 11.4 Å². The van der Waals surface area contributed by atoms with Gasteiger partial charge < -0.3 is 21.9 Å². The van der Waals surface area contributed by atoms with E-state index < -0.39 is 5.82 Å². The van der Waals surface area contributed by atoms with Gasteiger partial charge in [-0.2, -0.15) is 4.98 Å². The second kappa shape index (κ2) is 9.38. The first-order valence-electron chi connectivity index (χ1n) is 9.19. The summed E-state index contributed by atoms with van der Waals surface area (Å²) in [5.41, 5.74) is 14.6. The first-order chi connectivity index (χ1) is 14.4. The molecule has 0 radical (unpaired) electrons. The number of anilines is 4. The van der Waals surface area contributed by atoms with E-state index >= 15 is 0 Å². The van der Waals surface area contributed by atoms with Crippen LogP contribution in [0.4, 0.5) is 27.5 Å². The first kappa shape index (κ1) is 20.6. The zero-order valence-corrected chi connectivity index (χ0v) is 16.4. The van der Waals surface area contributed by atoms with E-state index in [-0.39, 0.29) is 23.2 Å². The fourth-order valence-electron chi connectivity index (χ4n) is 2.72. The van der Waals surface area contributed by atoms with Crippen molar-refractivity contribution in [2.45, 2.75) is 6.92 Å². The lowest BCUT2D eigenvalue weighted by atomic mass is 10.1. The Hall–Kier alpha value is -4.13. The standard InChI is InChI=1S/C13H13N.C10H9FN4O/c1-11-7-5-6-10-13(11)14-12-8-3-2-4-9-12;11-7-8(14-10(13)15-9(7)12)5-2-1-3-6(16)4-5/h2-10,14H,1H3;1-4,16H,(H4,12,13,14,15). The minimum absolute atomic E-state index is 0.00709. The molecule has 0 saturated carbocycles. The topological polar surface area (TPSA) is 110 Å². The molecule has 30 heavy (non-hydrogen) atoms. The number of nitrogens with one attached hydrogen (secondary N) is 1. The predicted octanol–water partition coefficient (Wildman–Crippen LogP) is 4.89.